The molecule has 0 saturated carbocycles. The van der Waals surface area contributed by atoms with Gasteiger partial charge in [-0.25, -0.2) is 4.79 Å². The van der Waals surface area contributed by atoms with Crippen LogP contribution in [0.25, 0.3) is 22.9 Å². The van der Waals surface area contributed by atoms with Crippen LogP contribution in [0.1, 0.15) is 16.2 Å². The molecule has 3 heterocycles. The molecule has 1 N–H and O–H groups in total. The van der Waals surface area contributed by atoms with Crippen molar-refractivity contribution in [2.45, 2.75) is 6.18 Å². The molecular formula is C18H13F3N6O4. The van der Waals surface area contributed by atoms with Crippen LogP contribution in [0.5, 0.6) is 5.75 Å². The van der Waals surface area contributed by atoms with Crippen LogP contribution in [0.4, 0.5) is 13.2 Å². The van der Waals surface area contributed by atoms with Gasteiger partial charge in [0.1, 0.15) is 17.0 Å². The fourth-order valence-electron chi connectivity index (χ4n) is 2.87. The van der Waals surface area contributed by atoms with E-state index < -0.39 is 29.5 Å². The van der Waals surface area contributed by atoms with Crippen LogP contribution < -0.4 is 10.3 Å². The van der Waals surface area contributed by atoms with Crippen molar-refractivity contribution >= 4 is 5.97 Å². The van der Waals surface area contributed by atoms with E-state index in [0.717, 1.165) is 22.6 Å². The third-order valence-corrected chi connectivity index (χ3v) is 4.36. The molecule has 0 atom stereocenters. The average Bonchev–Trinajstić information content (AvgIpc) is 3.38. The number of esters is 1. The number of aromatic nitrogens is 6. The molecule has 160 valence electrons. The Morgan fingerprint density at radius 2 is 1.84 bits per heavy atom. The number of aromatic amines is 1. The average molecular weight is 434 g/mol. The molecule has 10 nitrogen and oxygen atoms in total. The maximum atomic E-state index is 13.0. The van der Waals surface area contributed by atoms with Gasteiger partial charge in [-0.3, -0.25) is 14.5 Å². The topological polar surface area (TPSA) is 117 Å². The highest BCUT2D eigenvalue weighted by Gasteiger charge is 2.35. The maximum absolute atomic E-state index is 13.0. The molecule has 0 radical (unpaired) electrons. The number of pyridine rings is 1. The molecule has 2 aliphatic rings. The number of benzene rings is 1. The van der Waals surface area contributed by atoms with Crippen LogP contribution in [0.3, 0.4) is 0 Å². The highest BCUT2D eigenvalue weighted by molar-refractivity contribution is 5.96. The minimum Gasteiger partial charge on any atom is -0.497 e. The lowest BCUT2D eigenvalue weighted by molar-refractivity contribution is -0.144. The van der Waals surface area contributed by atoms with Crippen molar-refractivity contribution < 1.29 is 27.4 Å². The quantitative estimate of drug-likeness (QED) is 0.489. The van der Waals surface area contributed by atoms with Gasteiger partial charge in [-0.2, -0.15) is 27.9 Å². The number of methoxy groups -OCH3 is 2. The second-order valence-electron chi connectivity index (χ2n) is 6.23. The summed E-state index contributed by atoms with van der Waals surface area (Å²) in [6.07, 6.45) is -2.41. The zero-order chi connectivity index (χ0) is 22.3. The molecule has 0 spiro atoms. The van der Waals surface area contributed by atoms with Gasteiger partial charge in [-0.1, -0.05) is 0 Å². The lowest BCUT2D eigenvalue weighted by Crippen LogP contribution is -2.15. The number of rotatable bonds is 4. The third kappa shape index (κ3) is 3.49. The van der Waals surface area contributed by atoms with Crippen LogP contribution in [-0.4, -0.2) is 49.7 Å². The van der Waals surface area contributed by atoms with Gasteiger partial charge in [0, 0.05) is 12.4 Å². The molecule has 0 amide bonds. The number of alkyl halides is 3. The number of halogens is 3. The standard InChI is InChI=1S/C18H13F3N6O4/c1-30-10-5-3-9(4-6-10)27-14(28)11-7-26(8-12(13(11)25-27)15(29)31-2)17-22-16(23-24-17)18(19,20)21/h3-8H,1-2H3,(H,22,23,24). The van der Waals surface area contributed by atoms with E-state index in [9.17, 15) is 22.8 Å². The second-order valence-corrected chi connectivity index (χ2v) is 6.23. The van der Waals surface area contributed by atoms with E-state index in [-0.39, 0.29) is 16.8 Å². The first-order valence-electron chi connectivity index (χ1n) is 8.60. The van der Waals surface area contributed by atoms with Gasteiger partial charge in [0.05, 0.1) is 25.5 Å². The van der Waals surface area contributed by atoms with Crippen LogP contribution in [0.15, 0.2) is 41.5 Å². The Kier molecular flexibility index (Phi) is 4.72. The van der Waals surface area contributed by atoms with Gasteiger partial charge in [-0.05, 0) is 24.3 Å². The largest absolute Gasteiger partial charge is 0.497 e. The predicted molar refractivity (Wildman–Crippen MR) is 98.6 cm³/mol. The lowest BCUT2D eigenvalue weighted by Gasteiger charge is -2.08. The van der Waals surface area contributed by atoms with Gasteiger partial charge in [0.15, 0.2) is 0 Å². The smallest absolute Gasteiger partial charge is 0.451 e. The Hall–Kier alpha value is -4.16. The Morgan fingerprint density at radius 1 is 1.13 bits per heavy atom. The number of H-pyrrole nitrogens is 1. The van der Waals surface area contributed by atoms with Gasteiger partial charge in [0.25, 0.3) is 11.5 Å². The monoisotopic (exact) mass is 434 g/mol. The molecule has 1 aromatic heterocycles. The lowest BCUT2D eigenvalue weighted by atomic mass is 10.1. The van der Waals surface area contributed by atoms with Gasteiger partial charge >= 0.3 is 12.1 Å². The Balaban J connectivity index is 1.91. The summed E-state index contributed by atoms with van der Waals surface area (Å²) in [5.74, 6) is -2.03. The highest BCUT2D eigenvalue weighted by Crippen LogP contribution is 2.28. The molecule has 13 heteroatoms. The summed E-state index contributed by atoms with van der Waals surface area (Å²) >= 11 is 0. The summed E-state index contributed by atoms with van der Waals surface area (Å²) in [6, 6.07) is 6.41. The van der Waals surface area contributed by atoms with Crippen molar-refractivity contribution in [2.75, 3.05) is 14.2 Å². The zero-order valence-electron chi connectivity index (χ0n) is 16.0. The molecule has 0 aliphatic carbocycles. The minimum atomic E-state index is -4.75. The Morgan fingerprint density at radius 3 is 2.42 bits per heavy atom. The van der Waals surface area contributed by atoms with Gasteiger partial charge in [-0.15, -0.1) is 5.10 Å². The van der Waals surface area contributed by atoms with E-state index in [1.54, 1.807) is 29.4 Å². The van der Waals surface area contributed by atoms with Crippen LogP contribution in [-0.2, 0) is 10.9 Å². The summed E-state index contributed by atoms with van der Waals surface area (Å²) in [6.45, 7) is 0. The number of hydrogen-bond acceptors (Lipinski definition) is 7. The van der Waals surface area contributed by atoms with Crippen molar-refractivity contribution in [3.8, 4) is 28.6 Å². The summed E-state index contributed by atoms with van der Waals surface area (Å²) < 4.78 is 50.4. The SMILES string of the molecule is COC(=O)c1cn(-c2n[nH]c(C(F)(F)F)n2)cc2c(=O)n(-c3ccc(OC)cc3)nc1-2. The second kappa shape index (κ2) is 7.27. The molecule has 2 aliphatic heterocycles. The van der Waals surface area contributed by atoms with Crippen LogP contribution in [0.2, 0.25) is 0 Å². The fraction of sp³-hybridized carbons (Fsp3) is 0.167. The number of nitrogens with zero attached hydrogens (tertiary/aromatic N) is 5. The molecule has 0 unspecified atom stereocenters. The molecule has 0 bridgehead atoms. The van der Waals surface area contributed by atoms with Crippen molar-refractivity contribution in [2.24, 2.45) is 0 Å². The fourth-order valence-corrected chi connectivity index (χ4v) is 2.87. The molecule has 31 heavy (non-hydrogen) atoms. The number of fused-ring (bicyclic) bond motifs is 1. The first-order valence-corrected chi connectivity index (χ1v) is 8.60. The van der Waals surface area contributed by atoms with Gasteiger partial charge in [0.2, 0.25) is 5.82 Å². The summed E-state index contributed by atoms with van der Waals surface area (Å²) in [7, 11) is 2.61. The van der Waals surface area contributed by atoms with E-state index in [0.29, 0.717) is 11.4 Å². The van der Waals surface area contributed by atoms with Crippen molar-refractivity contribution in [3.05, 3.63) is 58.4 Å². The number of carbonyl (C=O) groups excluding carboxylic acids is 1. The minimum absolute atomic E-state index is 0.00972. The Labute approximate surface area is 171 Å². The van der Waals surface area contributed by atoms with E-state index in [4.69, 9.17) is 9.47 Å². The summed E-state index contributed by atoms with van der Waals surface area (Å²) in [5, 5.41) is 9.50. The molecular weight excluding hydrogens is 421 g/mol. The molecule has 1 aromatic carbocycles. The number of ether oxygens (including phenoxy) is 2. The first kappa shape index (κ1) is 20.1. The number of hydrogen-bond donors (Lipinski definition) is 1. The summed E-state index contributed by atoms with van der Waals surface area (Å²) in [5.41, 5.74) is -0.400. The van der Waals surface area contributed by atoms with E-state index in [2.05, 4.69) is 15.2 Å². The first-order chi connectivity index (χ1) is 14.7. The van der Waals surface area contributed by atoms with Crippen molar-refractivity contribution in [3.63, 3.8) is 0 Å². The third-order valence-electron chi connectivity index (χ3n) is 4.36. The predicted octanol–water partition coefficient (Wildman–Crippen LogP) is 2.06. The highest BCUT2D eigenvalue weighted by atomic mass is 19.4. The van der Waals surface area contributed by atoms with Crippen LogP contribution >= 0.6 is 0 Å². The number of nitrogens with one attached hydrogen (secondary N) is 1. The van der Waals surface area contributed by atoms with Gasteiger partial charge < -0.3 is 9.47 Å². The zero-order valence-corrected chi connectivity index (χ0v) is 16.0. The molecule has 4 rings (SSSR count). The summed E-state index contributed by atoms with van der Waals surface area (Å²) in [4.78, 5) is 28.6. The molecule has 2 aromatic rings. The molecule has 0 fully saturated rings. The molecule has 0 saturated heterocycles. The Bertz CT molecular complexity index is 1290. The number of carbonyl (C=O) groups is 1. The van der Waals surface area contributed by atoms with E-state index >= 15 is 0 Å². The normalized spacial score (nSPS) is 11.6. The van der Waals surface area contributed by atoms with E-state index in [1.165, 1.54) is 13.3 Å². The van der Waals surface area contributed by atoms with Crippen molar-refractivity contribution in [1.29, 1.82) is 0 Å². The maximum Gasteiger partial charge on any atom is 0.451 e. The van der Waals surface area contributed by atoms with Crippen LogP contribution in [0, 0.1) is 0 Å². The van der Waals surface area contributed by atoms with Crippen molar-refractivity contribution in [1.82, 2.24) is 29.5 Å². The van der Waals surface area contributed by atoms with E-state index in [1.807, 2.05) is 0 Å².